The highest BCUT2D eigenvalue weighted by molar-refractivity contribution is 7.99. The molecule has 0 spiro atoms. The molecule has 6 nitrogen and oxygen atoms in total. The Bertz CT molecular complexity index is 1410. The molecule has 0 aliphatic heterocycles. The molecule has 0 radical (unpaired) electrons. The van der Waals surface area contributed by atoms with Crippen LogP contribution in [0.15, 0.2) is 78.1 Å². The third kappa shape index (κ3) is 5.73. The van der Waals surface area contributed by atoms with Gasteiger partial charge < -0.3 is 14.2 Å². The minimum absolute atomic E-state index is 0.299. The number of imidazole rings is 1. The van der Waals surface area contributed by atoms with Crippen LogP contribution in [-0.4, -0.2) is 36.1 Å². The van der Waals surface area contributed by atoms with Crippen LogP contribution in [0.1, 0.15) is 30.7 Å². The molecule has 8 heteroatoms. The van der Waals surface area contributed by atoms with Gasteiger partial charge in [-0.05, 0) is 60.2 Å². The van der Waals surface area contributed by atoms with E-state index in [1.54, 1.807) is 56.3 Å². The van der Waals surface area contributed by atoms with Gasteiger partial charge in [0.1, 0.15) is 11.6 Å². The maximum atomic E-state index is 13.8. The lowest BCUT2D eigenvalue weighted by molar-refractivity contribution is 0.343. The molecular weight excluding hydrogens is 489 g/mol. The van der Waals surface area contributed by atoms with Crippen LogP contribution < -0.4 is 14.2 Å². The maximum Gasteiger partial charge on any atom is 0.172 e. The second-order valence-corrected chi connectivity index (χ2v) is 9.83. The van der Waals surface area contributed by atoms with Gasteiger partial charge in [-0.25, -0.2) is 9.37 Å². The molecule has 4 rings (SSSR count). The summed E-state index contributed by atoms with van der Waals surface area (Å²) < 4.78 is 32.6. The number of thioether (sulfide) groups is 1. The Morgan fingerprint density at radius 3 is 2.46 bits per heavy atom. The number of aromatic nitrogens is 2. The van der Waals surface area contributed by atoms with Crippen molar-refractivity contribution in [1.82, 2.24) is 9.55 Å². The van der Waals surface area contributed by atoms with E-state index < -0.39 is 5.41 Å². The van der Waals surface area contributed by atoms with Gasteiger partial charge in [-0.3, -0.25) is 4.57 Å². The van der Waals surface area contributed by atoms with Crippen molar-refractivity contribution in [1.29, 1.82) is 5.26 Å². The van der Waals surface area contributed by atoms with Crippen LogP contribution >= 0.6 is 11.8 Å². The predicted molar refractivity (Wildman–Crippen MR) is 143 cm³/mol. The standard InChI is InChI=1S/C29H28FN3O3S/c1-29(2,21-8-13-25(34-3)26(17-21)35-4)27-19-32-28(33(27)23-11-9-22(30)10-12-23)37-15-14-36-24-7-5-6-20(16-24)18-31/h5-13,16-17,19H,14-15H2,1-4H3. The summed E-state index contributed by atoms with van der Waals surface area (Å²) in [5.74, 6) is 2.29. The lowest BCUT2D eigenvalue weighted by atomic mass is 9.81. The van der Waals surface area contributed by atoms with Gasteiger partial charge in [0.05, 0.1) is 44.3 Å². The Balaban J connectivity index is 1.63. The molecule has 0 aliphatic carbocycles. The molecule has 0 bridgehead atoms. The van der Waals surface area contributed by atoms with Gasteiger partial charge in [-0.2, -0.15) is 5.26 Å². The van der Waals surface area contributed by atoms with E-state index in [-0.39, 0.29) is 5.82 Å². The quantitative estimate of drug-likeness (QED) is 0.179. The zero-order valence-electron chi connectivity index (χ0n) is 21.2. The SMILES string of the molecule is COc1ccc(C(C)(C)c2cnc(SCCOc3cccc(C#N)c3)n2-c2ccc(F)cc2)cc1OC. The zero-order chi connectivity index (χ0) is 26.4. The van der Waals surface area contributed by atoms with Crippen molar-refractivity contribution in [3.8, 4) is 29.0 Å². The molecule has 1 heterocycles. The summed E-state index contributed by atoms with van der Waals surface area (Å²) in [6.07, 6.45) is 1.86. The lowest BCUT2D eigenvalue weighted by Crippen LogP contribution is -2.23. The highest BCUT2D eigenvalue weighted by Crippen LogP contribution is 2.39. The second-order valence-electron chi connectivity index (χ2n) is 8.77. The van der Waals surface area contributed by atoms with E-state index >= 15 is 0 Å². The van der Waals surface area contributed by atoms with Crippen molar-refractivity contribution in [2.45, 2.75) is 24.4 Å². The van der Waals surface area contributed by atoms with Gasteiger partial charge in [-0.1, -0.05) is 37.7 Å². The fourth-order valence-corrected chi connectivity index (χ4v) is 4.85. The summed E-state index contributed by atoms with van der Waals surface area (Å²) in [6.45, 7) is 4.67. The number of nitriles is 1. The number of ether oxygens (including phenoxy) is 3. The first-order chi connectivity index (χ1) is 17.9. The number of hydrogen-bond acceptors (Lipinski definition) is 6. The first kappa shape index (κ1) is 26.1. The van der Waals surface area contributed by atoms with E-state index in [1.165, 1.54) is 12.1 Å². The number of halogens is 1. The van der Waals surface area contributed by atoms with Crippen molar-refractivity contribution in [3.05, 3.63) is 95.6 Å². The first-order valence-electron chi connectivity index (χ1n) is 11.7. The van der Waals surface area contributed by atoms with Gasteiger partial charge in [-0.15, -0.1) is 0 Å². The molecule has 4 aromatic rings. The van der Waals surface area contributed by atoms with Crippen molar-refractivity contribution in [2.24, 2.45) is 0 Å². The van der Waals surface area contributed by atoms with Crippen LogP contribution in [0.2, 0.25) is 0 Å². The number of rotatable bonds is 10. The van der Waals surface area contributed by atoms with E-state index in [4.69, 9.17) is 24.5 Å². The van der Waals surface area contributed by atoms with Crippen molar-refractivity contribution in [2.75, 3.05) is 26.6 Å². The summed E-state index contributed by atoms with van der Waals surface area (Å²) in [7, 11) is 3.23. The Morgan fingerprint density at radius 2 is 1.76 bits per heavy atom. The predicted octanol–water partition coefficient (Wildman–Crippen LogP) is 6.40. The largest absolute Gasteiger partial charge is 0.493 e. The monoisotopic (exact) mass is 517 g/mol. The molecule has 1 aromatic heterocycles. The third-order valence-corrected chi connectivity index (χ3v) is 7.02. The minimum Gasteiger partial charge on any atom is -0.493 e. The van der Waals surface area contributed by atoms with E-state index in [1.807, 2.05) is 30.5 Å². The molecule has 0 aliphatic rings. The Morgan fingerprint density at radius 1 is 1.00 bits per heavy atom. The van der Waals surface area contributed by atoms with Crippen LogP contribution in [-0.2, 0) is 5.41 Å². The molecule has 0 unspecified atom stereocenters. The van der Waals surface area contributed by atoms with Crippen LogP contribution in [0.25, 0.3) is 5.69 Å². The van der Waals surface area contributed by atoms with Crippen molar-refractivity contribution in [3.63, 3.8) is 0 Å². The van der Waals surface area contributed by atoms with E-state index in [0.29, 0.717) is 35.2 Å². The number of nitrogens with zero attached hydrogens (tertiary/aromatic N) is 3. The molecule has 3 aromatic carbocycles. The summed E-state index contributed by atoms with van der Waals surface area (Å²) >= 11 is 1.54. The smallest absolute Gasteiger partial charge is 0.172 e. The Hall–Kier alpha value is -3.96. The van der Waals surface area contributed by atoms with Gasteiger partial charge in [0.2, 0.25) is 0 Å². The average Bonchev–Trinajstić information content (AvgIpc) is 3.36. The lowest BCUT2D eigenvalue weighted by Gasteiger charge is -2.28. The second kappa shape index (κ2) is 11.4. The van der Waals surface area contributed by atoms with Crippen LogP contribution in [0, 0.1) is 17.1 Å². The molecule has 0 atom stereocenters. The van der Waals surface area contributed by atoms with Crippen LogP contribution in [0.3, 0.4) is 0 Å². The average molecular weight is 518 g/mol. The summed E-state index contributed by atoms with van der Waals surface area (Å²) in [5.41, 5.74) is 2.86. The number of benzene rings is 3. The van der Waals surface area contributed by atoms with Gasteiger partial charge in [0.25, 0.3) is 0 Å². The molecule has 0 N–H and O–H groups in total. The molecule has 0 fully saturated rings. The maximum absolute atomic E-state index is 13.8. The van der Waals surface area contributed by atoms with Gasteiger partial charge >= 0.3 is 0 Å². The first-order valence-corrected chi connectivity index (χ1v) is 12.7. The van der Waals surface area contributed by atoms with Crippen molar-refractivity contribution >= 4 is 11.8 Å². The highest BCUT2D eigenvalue weighted by atomic mass is 32.2. The molecule has 37 heavy (non-hydrogen) atoms. The van der Waals surface area contributed by atoms with E-state index in [0.717, 1.165) is 22.1 Å². The third-order valence-electron chi connectivity index (χ3n) is 6.11. The van der Waals surface area contributed by atoms with E-state index in [2.05, 4.69) is 24.5 Å². The zero-order valence-corrected chi connectivity index (χ0v) is 22.0. The van der Waals surface area contributed by atoms with E-state index in [9.17, 15) is 4.39 Å². The Kier molecular flexibility index (Phi) is 8.04. The van der Waals surface area contributed by atoms with Gasteiger partial charge in [0, 0.05) is 16.9 Å². The summed E-state index contributed by atoms with van der Waals surface area (Å²) in [5, 5.41) is 9.85. The molecular formula is C29H28FN3O3S. The number of methoxy groups -OCH3 is 2. The Labute approximate surface area is 220 Å². The van der Waals surface area contributed by atoms with Crippen molar-refractivity contribution < 1.29 is 18.6 Å². The van der Waals surface area contributed by atoms with Crippen LogP contribution in [0.4, 0.5) is 4.39 Å². The van der Waals surface area contributed by atoms with Gasteiger partial charge in [0.15, 0.2) is 16.7 Å². The van der Waals surface area contributed by atoms with Crippen LogP contribution in [0.5, 0.6) is 17.2 Å². The minimum atomic E-state index is -0.464. The highest BCUT2D eigenvalue weighted by Gasteiger charge is 2.30. The fourth-order valence-electron chi connectivity index (χ4n) is 4.04. The molecule has 0 amide bonds. The number of hydrogen-bond donors (Lipinski definition) is 0. The normalized spacial score (nSPS) is 11.1. The topological polar surface area (TPSA) is 69.3 Å². The molecule has 0 saturated heterocycles. The summed E-state index contributed by atoms with van der Waals surface area (Å²) in [6, 6.07) is 21.5. The fraction of sp³-hybridized carbons (Fsp3) is 0.241. The molecule has 190 valence electrons. The summed E-state index contributed by atoms with van der Waals surface area (Å²) in [4.78, 5) is 4.73. The molecule has 0 saturated carbocycles.